The van der Waals surface area contributed by atoms with Gasteiger partial charge < -0.3 is 10.1 Å². The lowest BCUT2D eigenvalue weighted by molar-refractivity contribution is 0.141. The van der Waals surface area contributed by atoms with Crippen molar-refractivity contribution in [2.75, 3.05) is 25.1 Å². The molecule has 0 bridgehead atoms. The average molecular weight is 229 g/mol. The van der Waals surface area contributed by atoms with Crippen LogP contribution in [-0.4, -0.2) is 29.1 Å². The maximum Gasteiger partial charge on any atom is 0.202 e. The Hall–Kier alpha value is -0.680. The van der Waals surface area contributed by atoms with E-state index in [1.165, 1.54) is 18.0 Å². The minimum Gasteiger partial charge on any atom is -0.380 e. The smallest absolute Gasteiger partial charge is 0.202 e. The highest BCUT2D eigenvalue weighted by Gasteiger charge is 2.00. The number of anilines is 1. The van der Waals surface area contributed by atoms with Crippen LogP contribution in [0.1, 0.15) is 32.5 Å². The Labute approximate surface area is 95.2 Å². The summed E-state index contributed by atoms with van der Waals surface area (Å²) in [5.74, 6) is 0.911. The summed E-state index contributed by atoms with van der Waals surface area (Å²) < 4.78 is 9.61. The molecule has 1 heterocycles. The highest BCUT2D eigenvalue weighted by molar-refractivity contribution is 7.09. The molecule has 1 N–H and O–H groups in total. The molecule has 86 valence electrons. The van der Waals surface area contributed by atoms with E-state index in [1.807, 2.05) is 0 Å². The number of hydrogen-bond donors (Lipinski definition) is 1. The maximum atomic E-state index is 5.42. The normalized spacial score (nSPS) is 10.5. The monoisotopic (exact) mass is 229 g/mol. The van der Waals surface area contributed by atoms with E-state index < -0.39 is 0 Å². The van der Waals surface area contributed by atoms with E-state index in [9.17, 15) is 0 Å². The van der Waals surface area contributed by atoms with Crippen molar-refractivity contribution < 1.29 is 4.74 Å². The van der Waals surface area contributed by atoms with Gasteiger partial charge in [0.25, 0.3) is 0 Å². The zero-order chi connectivity index (χ0) is 10.9. The first-order valence-electron chi connectivity index (χ1n) is 5.51. The van der Waals surface area contributed by atoms with Crippen LogP contribution in [0.2, 0.25) is 0 Å². The summed E-state index contributed by atoms with van der Waals surface area (Å²) in [5, 5.41) is 4.09. The molecule has 0 amide bonds. The maximum absolute atomic E-state index is 5.42. The summed E-state index contributed by atoms with van der Waals surface area (Å²) in [5.41, 5.74) is 0. The number of ether oxygens (including phenoxy) is 1. The first-order chi connectivity index (χ1) is 7.36. The highest BCUT2D eigenvalue weighted by atomic mass is 32.1. The molecule has 0 aliphatic heterocycles. The fourth-order valence-corrected chi connectivity index (χ4v) is 1.72. The molecule has 0 radical (unpaired) electrons. The number of aromatic nitrogens is 2. The second kappa shape index (κ2) is 7.59. The largest absolute Gasteiger partial charge is 0.380 e. The van der Waals surface area contributed by atoms with E-state index in [1.54, 1.807) is 0 Å². The van der Waals surface area contributed by atoms with Gasteiger partial charge in [-0.3, -0.25) is 0 Å². The summed E-state index contributed by atoms with van der Waals surface area (Å²) in [4.78, 5) is 4.30. The van der Waals surface area contributed by atoms with Gasteiger partial charge >= 0.3 is 0 Å². The second-order valence-corrected chi connectivity index (χ2v) is 4.01. The third-order valence-electron chi connectivity index (χ3n) is 1.95. The first-order valence-corrected chi connectivity index (χ1v) is 6.28. The van der Waals surface area contributed by atoms with Gasteiger partial charge in [-0.1, -0.05) is 20.3 Å². The van der Waals surface area contributed by atoms with Gasteiger partial charge in [0, 0.05) is 31.1 Å². The lowest BCUT2D eigenvalue weighted by Crippen LogP contribution is -2.09. The standard InChI is InChI=1S/C10H19N3OS/c1-3-5-7-14-8-6-11-10-12-9(4-2)13-15-10/h3-8H2,1-2H3,(H,11,12,13). The van der Waals surface area contributed by atoms with Gasteiger partial charge in [0.15, 0.2) is 0 Å². The Morgan fingerprint density at radius 1 is 1.33 bits per heavy atom. The van der Waals surface area contributed by atoms with Crippen molar-refractivity contribution in [3.63, 3.8) is 0 Å². The number of nitrogens with zero attached hydrogens (tertiary/aromatic N) is 2. The summed E-state index contributed by atoms with van der Waals surface area (Å²) in [6, 6.07) is 0. The predicted octanol–water partition coefficient (Wildman–Crippen LogP) is 2.33. The summed E-state index contributed by atoms with van der Waals surface area (Å²) in [7, 11) is 0. The SMILES string of the molecule is CCCCOCCNc1nc(CC)ns1. The molecule has 1 rings (SSSR count). The van der Waals surface area contributed by atoms with Gasteiger partial charge in [-0.2, -0.15) is 4.37 Å². The van der Waals surface area contributed by atoms with Crippen molar-refractivity contribution in [3.05, 3.63) is 5.82 Å². The molecule has 0 aromatic carbocycles. The number of nitrogens with one attached hydrogen (secondary N) is 1. The lowest BCUT2D eigenvalue weighted by Gasteiger charge is -2.03. The van der Waals surface area contributed by atoms with Gasteiger partial charge in [0.05, 0.1) is 6.61 Å². The van der Waals surface area contributed by atoms with Crippen molar-refractivity contribution in [3.8, 4) is 0 Å². The molecule has 1 aromatic rings. The predicted molar refractivity (Wildman–Crippen MR) is 63.5 cm³/mol. The molecule has 0 unspecified atom stereocenters. The van der Waals surface area contributed by atoms with Crippen LogP contribution in [-0.2, 0) is 11.2 Å². The zero-order valence-corrected chi connectivity index (χ0v) is 10.3. The third kappa shape index (κ3) is 5.09. The molecule has 0 spiro atoms. The van der Waals surface area contributed by atoms with E-state index in [0.29, 0.717) is 0 Å². The quantitative estimate of drug-likeness (QED) is 0.695. The molecule has 0 aliphatic rings. The van der Waals surface area contributed by atoms with E-state index in [-0.39, 0.29) is 0 Å². The second-order valence-electron chi connectivity index (χ2n) is 3.26. The molecular formula is C10H19N3OS. The highest BCUT2D eigenvalue weighted by Crippen LogP contribution is 2.10. The van der Waals surface area contributed by atoms with E-state index in [0.717, 1.165) is 43.6 Å². The summed E-state index contributed by atoms with van der Waals surface area (Å²) >= 11 is 1.41. The molecule has 4 nitrogen and oxygen atoms in total. The van der Waals surface area contributed by atoms with Crippen LogP contribution < -0.4 is 5.32 Å². The third-order valence-corrected chi connectivity index (χ3v) is 2.66. The van der Waals surface area contributed by atoms with Gasteiger partial charge in [-0.05, 0) is 6.42 Å². The van der Waals surface area contributed by atoms with Gasteiger partial charge in [-0.25, -0.2) is 4.98 Å². The number of unbranched alkanes of at least 4 members (excludes halogenated alkanes) is 1. The number of rotatable bonds is 8. The van der Waals surface area contributed by atoms with Gasteiger partial charge in [-0.15, -0.1) is 0 Å². The van der Waals surface area contributed by atoms with E-state index in [2.05, 4.69) is 28.5 Å². The molecule has 0 atom stereocenters. The number of aryl methyl sites for hydroxylation is 1. The van der Waals surface area contributed by atoms with Crippen LogP contribution in [0.25, 0.3) is 0 Å². The summed E-state index contributed by atoms with van der Waals surface area (Å²) in [6.45, 7) is 6.62. The Morgan fingerprint density at radius 2 is 2.20 bits per heavy atom. The minimum atomic E-state index is 0.737. The van der Waals surface area contributed by atoms with Gasteiger partial charge in [0.1, 0.15) is 5.82 Å². The fraction of sp³-hybridized carbons (Fsp3) is 0.800. The molecule has 15 heavy (non-hydrogen) atoms. The molecule has 0 aliphatic carbocycles. The van der Waals surface area contributed by atoms with Crippen LogP contribution >= 0.6 is 11.5 Å². The molecule has 0 saturated heterocycles. The Kier molecular flexibility index (Phi) is 6.27. The van der Waals surface area contributed by atoms with Crippen LogP contribution in [0.5, 0.6) is 0 Å². The topological polar surface area (TPSA) is 47.0 Å². The lowest BCUT2D eigenvalue weighted by atomic mass is 10.4. The zero-order valence-electron chi connectivity index (χ0n) is 9.45. The van der Waals surface area contributed by atoms with Crippen LogP contribution in [0.3, 0.4) is 0 Å². The van der Waals surface area contributed by atoms with Crippen molar-refractivity contribution in [2.24, 2.45) is 0 Å². The van der Waals surface area contributed by atoms with Crippen molar-refractivity contribution in [1.29, 1.82) is 0 Å². The van der Waals surface area contributed by atoms with Crippen molar-refractivity contribution in [1.82, 2.24) is 9.36 Å². The van der Waals surface area contributed by atoms with E-state index >= 15 is 0 Å². The van der Waals surface area contributed by atoms with Crippen LogP contribution in [0.15, 0.2) is 0 Å². The van der Waals surface area contributed by atoms with Crippen LogP contribution in [0.4, 0.5) is 5.13 Å². The van der Waals surface area contributed by atoms with Gasteiger partial charge in [0.2, 0.25) is 5.13 Å². The molecule has 0 fully saturated rings. The molecule has 5 heteroatoms. The van der Waals surface area contributed by atoms with Crippen molar-refractivity contribution in [2.45, 2.75) is 33.1 Å². The number of hydrogen-bond acceptors (Lipinski definition) is 5. The molecular weight excluding hydrogens is 210 g/mol. The minimum absolute atomic E-state index is 0.737. The Morgan fingerprint density at radius 3 is 2.87 bits per heavy atom. The Balaban J connectivity index is 2.04. The summed E-state index contributed by atoms with van der Waals surface area (Å²) in [6.07, 6.45) is 3.22. The Bertz CT molecular complexity index is 265. The molecule has 0 saturated carbocycles. The van der Waals surface area contributed by atoms with E-state index in [4.69, 9.17) is 4.74 Å². The van der Waals surface area contributed by atoms with Crippen molar-refractivity contribution >= 4 is 16.7 Å². The first kappa shape index (κ1) is 12.4. The fourth-order valence-electron chi connectivity index (χ4n) is 1.05. The average Bonchev–Trinajstić information content (AvgIpc) is 2.71. The van der Waals surface area contributed by atoms with Crippen LogP contribution in [0, 0.1) is 0 Å². The molecule has 1 aromatic heterocycles.